The van der Waals surface area contributed by atoms with E-state index < -0.39 is 0 Å². The molecule has 1 aromatic heterocycles. The highest BCUT2D eigenvalue weighted by Crippen LogP contribution is 2.34. The molecule has 2 heteroatoms. The van der Waals surface area contributed by atoms with Crippen LogP contribution in [0.4, 0.5) is 5.69 Å². The van der Waals surface area contributed by atoms with E-state index in [1.807, 2.05) is 7.05 Å². The molecule has 0 aliphatic carbocycles. The summed E-state index contributed by atoms with van der Waals surface area (Å²) in [7, 11) is 1.94. The standard InChI is InChI=1S/C25H20N2/c1-26-20-14-11-18(12-15-20)19-13-16-25-23(17-19)22-9-5-6-10-24(22)27(25)21-7-3-2-4-8-21/h2-17,26H,1H3. The quantitative estimate of drug-likeness (QED) is 0.394. The number of aromatic nitrogens is 1. The Balaban J connectivity index is 1.77. The number of fused-ring (bicyclic) bond motifs is 3. The normalized spacial score (nSPS) is 11.1. The lowest BCUT2D eigenvalue weighted by molar-refractivity contribution is 1.18. The largest absolute Gasteiger partial charge is 0.388 e. The van der Waals surface area contributed by atoms with Crippen LogP contribution in [0.15, 0.2) is 97.1 Å². The fraction of sp³-hybridized carbons (Fsp3) is 0.0400. The highest BCUT2D eigenvalue weighted by atomic mass is 15.0. The molecule has 130 valence electrons. The van der Waals surface area contributed by atoms with Crippen LogP contribution in [0.5, 0.6) is 0 Å². The van der Waals surface area contributed by atoms with Gasteiger partial charge in [0.2, 0.25) is 0 Å². The van der Waals surface area contributed by atoms with Crippen molar-refractivity contribution in [3.8, 4) is 16.8 Å². The molecule has 0 saturated carbocycles. The molecule has 5 rings (SSSR count). The SMILES string of the molecule is CNc1ccc(-c2ccc3c(c2)c2ccccc2n3-c2ccccc2)cc1. The van der Waals surface area contributed by atoms with E-state index in [-0.39, 0.29) is 0 Å². The van der Waals surface area contributed by atoms with E-state index in [2.05, 4.69) is 107 Å². The highest BCUT2D eigenvalue weighted by Gasteiger charge is 2.12. The Morgan fingerprint density at radius 3 is 2.04 bits per heavy atom. The molecule has 1 N–H and O–H groups in total. The summed E-state index contributed by atoms with van der Waals surface area (Å²) < 4.78 is 2.35. The van der Waals surface area contributed by atoms with Gasteiger partial charge in [0.1, 0.15) is 0 Å². The summed E-state index contributed by atoms with van der Waals surface area (Å²) in [6.45, 7) is 0. The van der Waals surface area contributed by atoms with Crippen molar-refractivity contribution >= 4 is 27.5 Å². The third-order valence-corrected chi connectivity index (χ3v) is 5.19. The molecule has 0 unspecified atom stereocenters. The number of para-hydroxylation sites is 2. The first kappa shape index (κ1) is 15.7. The second-order valence-electron chi connectivity index (χ2n) is 6.75. The van der Waals surface area contributed by atoms with Gasteiger partial charge in [-0.2, -0.15) is 0 Å². The van der Waals surface area contributed by atoms with E-state index in [1.54, 1.807) is 0 Å². The second kappa shape index (κ2) is 6.33. The summed E-state index contributed by atoms with van der Waals surface area (Å²) in [5.41, 5.74) is 7.25. The van der Waals surface area contributed by atoms with Gasteiger partial charge in [-0.05, 0) is 53.6 Å². The van der Waals surface area contributed by atoms with Crippen molar-refractivity contribution in [1.29, 1.82) is 0 Å². The third kappa shape index (κ3) is 2.58. The molecule has 0 atom stereocenters. The minimum atomic E-state index is 1.13. The minimum Gasteiger partial charge on any atom is -0.388 e. The van der Waals surface area contributed by atoms with Crippen LogP contribution in [0.3, 0.4) is 0 Å². The lowest BCUT2D eigenvalue weighted by Gasteiger charge is -2.08. The lowest BCUT2D eigenvalue weighted by atomic mass is 10.0. The summed E-state index contributed by atoms with van der Waals surface area (Å²) in [5.74, 6) is 0. The van der Waals surface area contributed by atoms with Crippen molar-refractivity contribution in [3.05, 3.63) is 97.1 Å². The zero-order valence-electron chi connectivity index (χ0n) is 15.2. The second-order valence-corrected chi connectivity index (χ2v) is 6.75. The van der Waals surface area contributed by atoms with Gasteiger partial charge in [-0.3, -0.25) is 0 Å². The van der Waals surface area contributed by atoms with Crippen molar-refractivity contribution in [2.45, 2.75) is 0 Å². The van der Waals surface area contributed by atoms with Crippen LogP contribution in [0.2, 0.25) is 0 Å². The smallest absolute Gasteiger partial charge is 0.0541 e. The van der Waals surface area contributed by atoms with Gasteiger partial charge in [-0.15, -0.1) is 0 Å². The summed E-state index contributed by atoms with van der Waals surface area (Å²) in [4.78, 5) is 0. The number of anilines is 1. The topological polar surface area (TPSA) is 17.0 Å². The molecule has 0 amide bonds. The minimum absolute atomic E-state index is 1.13. The zero-order chi connectivity index (χ0) is 18.2. The van der Waals surface area contributed by atoms with E-state index in [9.17, 15) is 0 Å². The molecular formula is C25H20N2. The Morgan fingerprint density at radius 2 is 1.26 bits per heavy atom. The van der Waals surface area contributed by atoms with Gasteiger partial charge < -0.3 is 9.88 Å². The number of nitrogens with zero attached hydrogens (tertiary/aromatic N) is 1. The van der Waals surface area contributed by atoms with Crippen LogP contribution in [0.1, 0.15) is 0 Å². The Bertz CT molecular complexity index is 1230. The molecule has 0 aliphatic rings. The van der Waals surface area contributed by atoms with Crippen LogP contribution in [0, 0.1) is 0 Å². The molecule has 0 spiro atoms. The van der Waals surface area contributed by atoms with Crippen LogP contribution in [-0.2, 0) is 0 Å². The molecular weight excluding hydrogens is 328 g/mol. The average Bonchev–Trinajstić information content (AvgIpc) is 3.08. The van der Waals surface area contributed by atoms with E-state index in [0.29, 0.717) is 0 Å². The van der Waals surface area contributed by atoms with Gasteiger partial charge in [-0.25, -0.2) is 0 Å². The number of nitrogens with one attached hydrogen (secondary N) is 1. The summed E-state index contributed by atoms with van der Waals surface area (Å²) in [5, 5.41) is 5.74. The Kier molecular flexibility index (Phi) is 3.68. The predicted molar refractivity (Wildman–Crippen MR) is 116 cm³/mol. The Morgan fingerprint density at radius 1 is 0.593 bits per heavy atom. The van der Waals surface area contributed by atoms with Gasteiger partial charge >= 0.3 is 0 Å². The van der Waals surface area contributed by atoms with Crippen molar-refractivity contribution in [2.24, 2.45) is 0 Å². The maximum Gasteiger partial charge on any atom is 0.0541 e. The first-order chi connectivity index (χ1) is 13.3. The zero-order valence-corrected chi connectivity index (χ0v) is 15.2. The lowest BCUT2D eigenvalue weighted by Crippen LogP contribution is -1.92. The molecule has 0 aliphatic heterocycles. The predicted octanol–water partition coefficient (Wildman–Crippen LogP) is 6.49. The van der Waals surface area contributed by atoms with Gasteiger partial charge in [0, 0.05) is 29.2 Å². The number of hydrogen-bond donors (Lipinski definition) is 1. The van der Waals surface area contributed by atoms with E-state index in [1.165, 1.54) is 38.6 Å². The van der Waals surface area contributed by atoms with Crippen molar-refractivity contribution in [3.63, 3.8) is 0 Å². The summed E-state index contributed by atoms with van der Waals surface area (Å²) >= 11 is 0. The maximum atomic E-state index is 3.18. The van der Waals surface area contributed by atoms with Gasteiger partial charge in [0.05, 0.1) is 11.0 Å². The van der Waals surface area contributed by atoms with Gasteiger partial charge in [0.15, 0.2) is 0 Å². The van der Waals surface area contributed by atoms with Crippen molar-refractivity contribution < 1.29 is 0 Å². The molecule has 0 saturated heterocycles. The molecule has 27 heavy (non-hydrogen) atoms. The van der Waals surface area contributed by atoms with E-state index in [4.69, 9.17) is 0 Å². The summed E-state index contributed by atoms with van der Waals surface area (Å²) in [6, 6.07) is 34.5. The van der Waals surface area contributed by atoms with Crippen LogP contribution >= 0.6 is 0 Å². The fourth-order valence-electron chi connectivity index (χ4n) is 3.84. The van der Waals surface area contributed by atoms with Gasteiger partial charge in [0.25, 0.3) is 0 Å². The highest BCUT2D eigenvalue weighted by molar-refractivity contribution is 6.10. The fourth-order valence-corrected chi connectivity index (χ4v) is 3.84. The molecule has 2 nitrogen and oxygen atoms in total. The number of benzene rings is 4. The molecule has 4 aromatic carbocycles. The maximum absolute atomic E-state index is 3.18. The monoisotopic (exact) mass is 348 g/mol. The van der Waals surface area contributed by atoms with E-state index >= 15 is 0 Å². The molecule has 0 fully saturated rings. The number of hydrogen-bond acceptors (Lipinski definition) is 1. The van der Waals surface area contributed by atoms with Crippen LogP contribution < -0.4 is 5.32 Å². The van der Waals surface area contributed by atoms with Crippen molar-refractivity contribution in [2.75, 3.05) is 12.4 Å². The average molecular weight is 348 g/mol. The van der Waals surface area contributed by atoms with Crippen molar-refractivity contribution in [1.82, 2.24) is 4.57 Å². The Hall–Kier alpha value is -3.52. The third-order valence-electron chi connectivity index (χ3n) is 5.19. The van der Waals surface area contributed by atoms with Crippen LogP contribution in [0.25, 0.3) is 38.6 Å². The van der Waals surface area contributed by atoms with Crippen LogP contribution in [-0.4, -0.2) is 11.6 Å². The molecule has 0 bridgehead atoms. The van der Waals surface area contributed by atoms with E-state index in [0.717, 1.165) is 5.69 Å². The first-order valence-corrected chi connectivity index (χ1v) is 9.22. The van der Waals surface area contributed by atoms with Gasteiger partial charge in [-0.1, -0.05) is 54.6 Å². The molecule has 0 radical (unpaired) electrons. The summed E-state index contributed by atoms with van der Waals surface area (Å²) in [6.07, 6.45) is 0. The molecule has 1 heterocycles. The first-order valence-electron chi connectivity index (χ1n) is 9.22. The number of rotatable bonds is 3. The Labute approximate surface area is 158 Å². The molecule has 5 aromatic rings.